The van der Waals surface area contributed by atoms with Crippen LogP contribution in [0.25, 0.3) is 0 Å². The Balaban J connectivity index is 1.73. The summed E-state index contributed by atoms with van der Waals surface area (Å²) in [6.45, 7) is 0.126. The molecule has 25 heavy (non-hydrogen) atoms. The first-order chi connectivity index (χ1) is 12.2. The number of para-hydroxylation sites is 1. The number of nitrogens with zero attached hydrogens (tertiary/aromatic N) is 1. The molecule has 0 radical (unpaired) electrons. The van der Waals surface area contributed by atoms with Crippen molar-refractivity contribution in [2.24, 2.45) is 5.10 Å². The van der Waals surface area contributed by atoms with E-state index in [1.54, 1.807) is 42.6 Å². The molecule has 0 aliphatic heterocycles. The number of hydrogen-bond acceptors (Lipinski definition) is 3. The molecule has 3 aromatic carbocycles. The molecule has 0 amide bonds. The van der Waals surface area contributed by atoms with Crippen molar-refractivity contribution >= 4 is 23.5 Å². The van der Waals surface area contributed by atoms with E-state index >= 15 is 0 Å². The Morgan fingerprint density at radius 2 is 1.76 bits per heavy atom. The summed E-state index contributed by atoms with van der Waals surface area (Å²) in [6.07, 6.45) is 1.62. The van der Waals surface area contributed by atoms with Crippen LogP contribution < -0.4 is 10.2 Å². The van der Waals surface area contributed by atoms with Gasteiger partial charge >= 0.3 is 0 Å². The van der Waals surface area contributed by atoms with Crippen LogP contribution in [0, 0.1) is 5.82 Å². The molecule has 3 rings (SSSR count). The van der Waals surface area contributed by atoms with Gasteiger partial charge in [0, 0.05) is 16.1 Å². The molecule has 3 nitrogen and oxygen atoms in total. The van der Waals surface area contributed by atoms with E-state index < -0.39 is 0 Å². The molecule has 0 spiro atoms. The van der Waals surface area contributed by atoms with Crippen molar-refractivity contribution in [2.75, 3.05) is 5.43 Å². The van der Waals surface area contributed by atoms with Crippen LogP contribution in [0.15, 0.2) is 77.9 Å². The van der Waals surface area contributed by atoms with E-state index in [9.17, 15) is 4.39 Å². The molecule has 0 aliphatic rings. The second-order valence-electron chi connectivity index (χ2n) is 5.30. The summed E-state index contributed by atoms with van der Waals surface area (Å²) in [5.41, 5.74) is 4.99. The largest absolute Gasteiger partial charge is 0.488 e. The Bertz CT molecular complexity index is 869. The van der Waals surface area contributed by atoms with E-state index in [0.29, 0.717) is 21.9 Å². The molecule has 0 heterocycles. The van der Waals surface area contributed by atoms with Gasteiger partial charge in [0.05, 0.1) is 11.9 Å². The van der Waals surface area contributed by atoms with Crippen molar-refractivity contribution in [3.05, 3.63) is 94.8 Å². The Hall–Kier alpha value is -2.85. The van der Waals surface area contributed by atoms with Crippen molar-refractivity contribution in [3.63, 3.8) is 0 Å². The predicted molar refractivity (Wildman–Crippen MR) is 99.8 cm³/mol. The summed E-state index contributed by atoms with van der Waals surface area (Å²) in [5.74, 6) is 0.281. The highest BCUT2D eigenvalue weighted by atomic mass is 35.5. The van der Waals surface area contributed by atoms with E-state index in [1.807, 2.05) is 30.3 Å². The third-order valence-corrected chi connectivity index (χ3v) is 3.72. The third kappa shape index (κ3) is 4.81. The molecule has 0 saturated heterocycles. The molecule has 0 fully saturated rings. The van der Waals surface area contributed by atoms with Gasteiger partial charge in [-0.05, 0) is 36.4 Å². The van der Waals surface area contributed by atoms with Crippen molar-refractivity contribution in [3.8, 4) is 5.75 Å². The predicted octanol–water partition coefficient (Wildman–Crippen LogP) is 5.50. The van der Waals surface area contributed by atoms with Crippen LogP contribution in [0.4, 0.5) is 10.1 Å². The second kappa shape index (κ2) is 8.31. The van der Waals surface area contributed by atoms with Gasteiger partial charge in [-0.25, -0.2) is 4.39 Å². The number of hydrogen-bond donors (Lipinski definition) is 1. The molecule has 3 aromatic rings. The van der Waals surface area contributed by atoms with Gasteiger partial charge in [0.25, 0.3) is 0 Å². The first kappa shape index (κ1) is 17.0. The lowest BCUT2D eigenvalue weighted by Crippen LogP contribution is -2.01. The molecule has 1 N–H and O–H groups in total. The summed E-state index contributed by atoms with van der Waals surface area (Å²) in [4.78, 5) is 0. The average Bonchev–Trinajstić information content (AvgIpc) is 2.63. The van der Waals surface area contributed by atoms with Crippen LogP contribution in [-0.4, -0.2) is 6.21 Å². The molecule has 0 aromatic heterocycles. The van der Waals surface area contributed by atoms with E-state index in [1.165, 1.54) is 6.07 Å². The van der Waals surface area contributed by atoms with Crippen LogP contribution in [0.3, 0.4) is 0 Å². The van der Waals surface area contributed by atoms with Crippen molar-refractivity contribution < 1.29 is 9.13 Å². The van der Waals surface area contributed by atoms with Gasteiger partial charge in [-0.15, -0.1) is 0 Å². The van der Waals surface area contributed by atoms with E-state index in [0.717, 1.165) is 5.69 Å². The maximum Gasteiger partial charge on any atom is 0.129 e. The highest BCUT2D eigenvalue weighted by Crippen LogP contribution is 2.23. The molecule has 0 bridgehead atoms. The fourth-order valence-corrected chi connectivity index (χ4v) is 2.39. The minimum atomic E-state index is -0.294. The topological polar surface area (TPSA) is 33.6 Å². The molecule has 126 valence electrons. The summed E-state index contributed by atoms with van der Waals surface area (Å²) < 4.78 is 19.5. The van der Waals surface area contributed by atoms with Crippen LogP contribution in [0.1, 0.15) is 11.1 Å². The van der Waals surface area contributed by atoms with Crippen molar-refractivity contribution in [1.82, 2.24) is 0 Å². The Morgan fingerprint density at radius 3 is 2.56 bits per heavy atom. The van der Waals surface area contributed by atoms with E-state index in [4.69, 9.17) is 16.3 Å². The fraction of sp³-hybridized carbons (Fsp3) is 0.0500. The second-order valence-corrected chi connectivity index (χ2v) is 5.73. The van der Waals surface area contributed by atoms with Crippen molar-refractivity contribution in [1.29, 1.82) is 0 Å². The number of rotatable bonds is 6. The maximum atomic E-state index is 13.7. The molecular formula is C20H16ClFN2O. The normalized spacial score (nSPS) is 10.8. The monoisotopic (exact) mass is 354 g/mol. The summed E-state index contributed by atoms with van der Waals surface area (Å²) in [5, 5.41) is 4.77. The van der Waals surface area contributed by atoms with Gasteiger partial charge in [-0.3, -0.25) is 5.43 Å². The SMILES string of the molecule is Fc1ccccc1COc1ccc(Cl)cc1C=NNc1ccccc1. The highest BCUT2D eigenvalue weighted by Gasteiger charge is 2.06. The van der Waals surface area contributed by atoms with Crippen LogP contribution in [0.2, 0.25) is 5.02 Å². The minimum absolute atomic E-state index is 0.126. The molecule has 0 unspecified atom stereocenters. The number of nitrogens with one attached hydrogen (secondary N) is 1. The molecule has 0 aliphatic carbocycles. The number of benzene rings is 3. The van der Waals surface area contributed by atoms with Crippen LogP contribution in [0.5, 0.6) is 5.75 Å². The Kier molecular flexibility index (Phi) is 5.65. The molecule has 0 saturated carbocycles. The fourth-order valence-electron chi connectivity index (χ4n) is 2.21. The molecular weight excluding hydrogens is 339 g/mol. The zero-order chi connectivity index (χ0) is 17.5. The standard InChI is InChI=1S/C20H16ClFN2O/c21-17-10-11-20(25-14-15-6-4-5-9-19(15)22)16(12-17)13-23-24-18-7-2-1-3-8-18/h1-13,24H,14H2. The van der Waals surface area contributed by atoms with Gasteiger partial charge in [-0.2, -0.15) is 5.10 Å². The van der Waals surface area contributed by atoms with Gasteiger partial charge in [-0.1, -0.05) is 48.0 Å². The first-order valence-corrected chi connectivity index (χ1v) is 8.10. The van der Waals surface area contributed by atoms with Gasteiger partial charge in [0.1, 0.15) is 18.2 Å². The number of halogens is 2. The van der Waals surface area contributed by atoms with Crippen LogP contribution >= 0.6 is 11.6 Å². The van der Waals surface area contributed by atoms with Crippen LogP contribution in [-0.2, 0) is 6.61 Å². The summed E-state index contributed by atoms with van der Waals surface area (Å²) in [6, 6.07) is 21.3. The Morgan fingerprint density at radius 1 is 1.00 bits per heavy atom. The summed E-state index contributed by atoms with van der Waals surface area (Å²) in [7, 11) is 0. The zero-order valence-electron chi connectivity index (χ0n) is 13.3. The molecule has 0 atom stereocenters. The quantitative estimate of drug-likeness (QED) is 0.468. The number of ether oxygens (including phenoxy) is 1. The lowest BCUT2D eigenvalue weighted by Gasteiger charge is -2.10. The molecule has 5 heteroatoms. The van der Waals surface area contributed by atoms with Gasteiger partial charge < -0.3 is 4.74 Å². The highest BCUT2D eigenvalue weighted by molar-refractivity contribution is 6.30. The average molecular weight is 355 g/mol. The third-order valence-electron chi connectivity index (χ3n) is 3.48. The van der Waals surface area contributed by atoms with E-state index in [2.05, 4.69) is 10.5 Å². The number of hydrazone groups is 1. The first-order valence-electron chi connectivity index (χ1n) is 7.72. The van der Waals surface area contributed by atoms with Gasteiger partial charge in [0.2, 0.25) is 0 Å². The lowest BCUT2D eigenvalue weighted by atomic mass is 10.2. The Labute approximate surface area is 150 Å². The lowest BCUT2D eigenvalue weighted by molar-refractivity contribution is 0.299. The van der Waals surface area contributed by atoms with Gasteiger partial charge in [0.15, 0.2) is 0 Å². The number of anilines is 1. The minimum Gasteiger partial charge on any atom is -0.488 e. The van der Waals surface area contributed by atoms with E-state index in [-0.39, 0.29) is 12.4 Å². The zero-order valence-corrected chi connectivity index (χ0v) is 14.1. The van der Waals surface area contributed by atoms with Crippen molar-refractivity contribution in [2.45, 2.75) is 6.61 Å². The smallest absolute Gasteiger partial charge is 0.129 e. The summed E-state index contributed by atoms with van der Waals surface area (Å²) >= 11 is 6.06. The maximum absolute atomic E-state index is 13.7.